The minimum Gasteiger partial charge on any atom is -0.495 e. The van der Waals surface area contributed by atoms with Crippen molar-refractivity contribution in [1.29, 1.82) is 0 Å². The first-order valence-electron chi connectivity index (χ1n) is 8.30. The zero-order valence-corrected chi connectivity index (χ0v) is 16.0. The van der Waals surface area contributed by atoms with Gasteiger partial charge in [0.2, 0.25) is 5.91 Å². The van der Waals surface area contributed by atoms with Gasteiger partial charge in [-0.2, -0.15) is 0 Å². The number of benzene rings is 2. The number of Topliss-reactive ketones (excluding diaryl/α,β-unsaturated/α-hetero) is 1. The first-order chi connectivity index (χ1) is 12.5. The van der Waals surface area contributed by atoms with Gasteiger partial charge in [-0.3, -0.25) is 9.59 Å². The molecule has 6 heteroatoms. The van der Waals surface area contributed by atoms with Crippen molar-refractivity contribution in [2.24, 2.45) is 0 Å². The van der Waals surface area contributed by atoms with Crippen LogP contribution < -0.4 is 14.8 Å². The zero-order valence-electron chi connectivity index (χ0n) is 15.2. The molecule has 0 atom stereocenters. The molecule has 0 fully saturated rings. The molecule has 26 heavy (non-hydrogen) atoms. The third-order valence-corrected chi connectivity index (χ3v) is 4.33. The second kappa shape index (κ2) is 9.87. The maximum Gasteiger partial charge on any atom is 0.234 e. The van der Waals surface area contributed by atoms with Crippen LogP contribution in [0.25, 0.3) is 0 Å². The van der Waals surface area contributed by atoms with Crippen LogP contribution in [0.5, 0.6) is 11.5 Å². The fourth-order valence-electron chi connectivity index (χ4n) is 2.25. The van der Waals surface area contributed by atoms with Crippen LogP contribution in [0.2, 0.25) is 0 Å². The lowest BCUT2D eigenvalue weighted by Gasteiger charge is -2.10. The molecule has 0 aromatic heterocycles. The largest absolute Gasteiger partial charge is 0.495 e. The number of para-hydroxylation sites is 2. The standard InChI is InChI=1S/C20H23NO4S/c1-14(2)25-16-10-8-15(9-11-16)18(22)12-26-13-20(23)21-17-6-4-5-7-19(17)24-3/h4-11,14H,12-13H2,1-3H3,(H,21,23). The van der Waals surface area contributed by atoms with Gasteiger partial charge < -0.3 is 14.8 Å². The second-order valence-corrected chi connectivity index (χ2v) is 6.84. The molecule has 0 aliphatic rings. The lowest BCUT2D eigenvalue weighted by Crippen LogP contribution is -2.16. The van der Waals surface area contributed by atoms with Crippen LogP contribution >= 0.6 is 11.8 Å². The molecular formula is C20H23NO4S. The number of thioether (sulfide) groups is 1. The summed E-state index contributed by atoms with van der Waals surface area (Å²) in [5, 5.41) is 2.79. The molecule has 0 aliphatic heterocycles. The lowest BCUT2D eigenvalue weighted by atomic mass is 10.1. The summed E-state index contributed by atoms with van der Waals surface area (Å²) in [5.41, 5.74) is 1.23. The Morgan fingerprint density at radius 3 is 2.38 bits per heavy atom. The fraction of sp³-hybridized carbons (Fsp3) is 0.300. The Bertz CT molecular complexity index is 744. The summed E-state index contributed by atoms with van der Waals surface area (Å²) in [4.78, 5) is 24.2. The van der Waals surface area contributed by atoms with Gasteiger partial charge in [-0.1, -0.05) is 12.1 Å². The number of carbonyl (C=O) groups is 2. The Morgan fingerprint density at radius 1 is 1.04 bits per heavy atom. The number of nitrogens with one attached hydrogen (secondary N) is 1. The van der Waals surface area contributed by atoms with E-state index in [2.05, 4.69) is 5.32 Å². The van der Waals surface area contributed by atoms with Gasteiger partial charge >= 0.3 is 0 Å². The summed E-state index contributed by atoms with van der Waals surface area (Å²) in [6, 6.07) is 14.3. The molecule has 0 saturated heterocycles. The first kappa shape index (κ1) is 19.8. The molecule has 0 radical (unpaired) electrons. The first-order valence-corrected chi connectivity index (χ1v) is 9.45. The molecule has 1 amide bonds. The molecule has 0 spiro atoms. The van der Waals surface area contributed by atoms with Gasteiger partial charge in [-0.25, -0.2) is 0 Å². The Morgan fingerprint density at radius 2 is 1.73 bits per heavy atom. The van der Waals surface area contributed by atoms with E-state index in [1.54, 1.807) is 43.5 Å². The number of ether oxygens (including phenoxy) is 2. The van der Waals surface area contributed by atoms with Crippen LogP contribution in [0.4, 0.5) is 5.69 Å². The molecular weight excluding hydrogens is 350 g/mol. The fourth-order valence-corrected chi connectivity index (χ4v) is 2.96. The van der Waals surface area contributed by atoms with E-state index in [-0.39, 0.29) is 29.3 Å². The minimum atomic E-state index is -0.173. The highest BCUT2D eigenvalue weighted by molar-refractivity contribution is 8.00. The van der Waals surface area contributed by atoms with Crippen LogP contribution in [0.3, 0.4) is 0 Å². The average Bonchev–Trinajstić information content (AvgIpc) is 2.62. The molecule has 2 aromatic carbocycles. The van der Waals surface area contributed by atoms with E-state index in [0.717, 1.165) is 5.75 Å². The van der Waals surface area contributed by atoms with Crippen molar-refractivity contribution in [3.8, 4) is 11.5 Å². The summed E-state index contributed by atoms with van der Waals surface area (Å²) in [5.74, 6) is 1.58. The quantitative estimate of drug-likeness (QED) is 0.672. The number of rotatable bonds is 9. The van der Waals surface area contributed by atoms with Crippen molar-refractivity contribution in [2.45, 2.75) is 20.0 Å². The molecule has 0 heterocycles. The molecule has 138 valence electrons. The number of amides is 1. The molecule has 1 N–H and O–H groups in total. The van der Waals surface area contributed by atoms with Crippen molar-refractivity contribution in [3.05, 3.63) is 54.1 Å². The third-order valence-electron chi connectivity index (χ3n) is 3.40. The summed E-state index contributed by atoms with van der Waals surface area (Å²) in [7, 11) is 1.55. The summed E-state index contributed by atoms with van der Waals surface area (Å²) >= 11 is 1.28. The Labute approximate surface area is 158 Å². The lowest BCUT2D eigenvalue weighted by molar-refractivity contribution is -0.113. The molecule has 2 rings (SSSR count). The normalized spacial score (nSPS) is 10.5. The van der Waals surface area contributed by atoms with Crippen molar-refractivity contribution < 1.29 is 19.1 Å². The topological polar surface area (TPSA) is 64.6 Å². The smallest absolute Gasteiger partial charge is 0.234 e. The molecule has 0 unspecified atom stereocenters. The predicted molar refractivity (Wildman–Crippen MR) is 105 cm³/mol. The SMILES string of the molecule is COc1ccccc1NC(=O)CSCC(=O)c1ccc(OC(C)C)cc1. The Kier molecular flexibility index (Phi) is 7.53. The van der Waals surface area contributed by atoms with Crippen LogP contribution in [-0.2, 0) is 4.79 Å². The van der Waals surface area contributed by atoms with Gasteiger partial charge in [0.1, 0.15) is 11.5 Å². The maximum atomic E-state index is 12.2. The van der Waals surface area contributed by atoms with Crippen LogP contribution in [-0.4, -0.2) is 36.4 Å². The summed E-state index contributed by atoms with van der Waals surface area (Å²) < 4.78 is 10.8. The van der Waals surface area contributed by atoms with Crippen LogP contribution in [0.15, 0.2) is 48.5 Å². The number of carbonyl (C=O) groups excluding carboxylic acids is 2. The van der Waals surface area contributed by atoms with Crippen molar-refractivity contribution in [2.75, 3.05) is 23.9 Å². The summed E-state index contributed by atoms with van der Waals surface area (Å²) in [6.45, 7) is 3.90. The van der Waals surface area contributed by atoms with E-state index < -0.39 is 0 Å². The number of hydrogen-bond donors (Lipinski definition) is 1. The second-order valence-electron chi connectivity index (χ2n) is 5.86. The molecule has 0 bridgehead atoms. The molecule has 0 saturated carbocycles. The van der Waals surface area contributed by atoms with Gasteiger partial charge in [0, 0.05) is 5.56 Å². The van der Waals surface area contributed by atoms with Crippen LogP contribution in [0, 0.1) is 0 Å². The van der Waals surface area contributed by atoms with E-state index in [9.17, 15) is 9.59 Å². The van der Waals surface area contributed by atoms with Crippen molar-refractivity contribution >= 4 is 29.1 Å². The highest BCUT2D eigenvalue weighted by Gasteiger charge is 2.10. The van der Waals surface area contributed by atoms with Gasteiger partial charge in [0.25, 0.3) is 0 Å². The molecule has 5 nitrogen and oxygen atoms in total. The van der Waals surface area contributed by atoms with E-state index in [1.807, 2.05) is 26.0 Å². The molecule has 0 aliphatic carbocycles. The van der Waals surface area contributed by atoms with Gasteiger partial charge in [0.05, 0.1) is 30.4 Å². The number of hydrogen-bond acceptors (Lipinski definition) is 5. The minimum absolute atomic E-state index is 0.0174. The van der Waals surface area contributed by atoms with Gasteiger partial charge in [-0.05, 0) is 50.2 Å². The van der Waals surface area contributed by atoms with Crippen molar-refractivity contribution in [1.82, 2.24) is 0 Å². The highest BCUT2D eigenvalue weighted by Crippen LogP contribution is 2.23. The summed E-state index contributed by atoms with van der Waals surface area (Å²) in [6.07, 6.45) is 0.0915. The highest BCUT2D eigenvalue weighted by atomic mass is 32.2. The number of ketones is 1. The van der Waals surface area contributed by atoms with E-state index >= 15 is 0 Å². The Balaban J connectivity index is 1.79. The van der Waals surface area contributed by atoms with Gasteiger partial charge in [0.15, 0.2) is 5.78 Å². The van der Waals surface area contributed by atoms with E-state index in [1.165, 1.54) is 11.8 Å². The van der Waals surface area contributed by atoms with E-state index in [4.69, 9.17) is 9.47 Å². The monoisotopic (exact) mass is 373 g/mol. The van der Waals surface area contributed by atoms with E-state index in [0.29, 0.717) is 17.0 Å². The number of anilines is 1. The van der Waals surface area contributed by atoms with Crippen molar-refractivity contribution in [3.63, 3.8) is 0 Å². The third kappa shape index (κ3) is 6.11. The average molecular weight is 373 g/mol. The Hall–Kier alpha value is -2.47. The predicted octanol–water partition coefficient (Wildman–Crippen LogP) is 4.04. The maximum absolute atomic E-state index is 12.2. The van der Waals surface area contributed by atoms with Crippen LogP contribution in [0.1, 0.15) is 24.2 Å². The zero-order chi connectivity index (χ0) is 18.9. The van der Waals surface area contributed by atoms with Gasteiger partial charge in [-0.15, -0.1) is 11.8 Å². The number of methoxy groups -OCH3 is 1. The molecule has 2 aromatic rings.